The van der Waals surface area contributed by atoms with E-state index in [4.69, 9.17) is 34.8 Å². The van der Waals surface area contributed by atoms with Crippen molar-refractivity contribution in [2.45, 2.75) is 0 Å². The molecular weight excluding hydrogens is 435 g/mol. The van der Waals surface area contributed by atoms with Crippen LogP contribution >= 0.6 is 34.8 Å². The van der Waals surface area contributed by atoms with Gasteiger partial charge in [0.1, 0.15) is 10.8 Å². The molecule has 1 fully saturated rings. The third kappa shape index (κ3) is 4.01. The molecule has 1 aliphatic rings. The lowest BCUT2D eigenvalue weighted by Gasteiger charge is -2.37. The van der Waals surface area contributed by atoms with Crippen LogP contribution in [0.4, 0.5) is 11.4 Å². The van der Waals surface area contributed by atoms with Crippen molar-refractivity contribution in [1.82, 2.24) is 9.78 Å². The van der Waals surface area contributed by atoms with E-state index < -0.39 is 5.56 Å². The highest BCUT2D eigenvalue weighted by Gasteiger charge is 2.20. The lowest BCUT2D eigenvalue weighted by molar-refractivity contribution is 0.475. The van der Waals surface area contributed by atoms with Gasteiger partial charge >= 0.3 is 0 Å². The minimum atomic E-state index is -0.495. The highest BCUT2D eigenvalue weighted by molar-refractivity contribution is 6.41. The number of piperazine rings is 1. The van der Waals surface area contributed by atoms with Crippen LogP contribution in [0.2, 0.25) is 15.1 Å². The van der Waals surface area contributed by atoms with Crippen molar-refractivity contribution < 1.29 is 5.11 Å². The summed E-state index contributed by atoms with van der Waals surface area (Å²) in [4.78, 5) is 16.8. The van der Waals surface area contributed by atoms with E-state index >= 15 is 0 Å². The Bertz CT molecular complexity index is 1090. The number of phenols is 1. The first kappa shape index (κ1) is 19.9. The van der Waals surface area contributed by atoms with Crippen molar-refractivity contribution in [2.24, 2.45) is 0 Å². The number of halogens is 3. The van der Waals surface area contributed by atoms with Gasteiger partial charge in [0.15, 0.2) is 0 Å². The van der Waals surface area contributed by atoms with Crippen molar-refractivity contribution in [2.75, 3.05) is 36.0 Å². The molecule has 6 nitrogen and oxygen atoms in total. The maximum absolute atomic E-state index is 12.3. The van der Waals surface area contributed by atoms with Crippen molar-refractivity contribution in [3.8, 4) is 11.4 Å². The Kier molecular flexibility index (Phi) is 5.58. The van der Waals surface area contributed by atoms with Gasteiger partial charge < -0.3 is 14.9 Å². The Balaban J connectivity index is 1.51. The molecular formula is C20H17Cl3N4O2. The zero-order valence-corrected chi connectivity index (χ0v) is 17.5. The van der Waals surface area contributed by atoms with Gasteiger partial charge in [-0.2, -0.15) is 9.78 Å². The molecule has 4 rings (SSSR count). The van der Waals surface area contributed by atoms with Crippen LogP contribution in [0, 0.1) is 0 Å². The normalized spacial score (nSPS) is 14.3. The number of phenolic OH excluding ortho intramolecular Hbond substituents is 1. The monoisotopic (exact) mass is 450 g/mol. The second kappa shape index (κ2) is 8.14. The molecule has 29 heavy (non-hydrogen) atoms. The summed E-state index contributed by atoms with van der Waals surface area (Å²) < 4.78 is 1.17. The van der Waals surface area contributed by atoms with E-state index in [-0.39, 0.29) is 15.8 Å². The molecule has 0 unspecified atom stereocenters. The quantitative estimate of drug-likeness (QED) is 0.646. The third-order valence-corrected chi connectivity index (χ3v) is 5.94. The van der Waals surface area contributed by atoms with Gasteiger partial charge in [0.2, 0.25) is 0 Å². The van der Waals surface area contributed by atoms with Crippen LogP contribution in [0.5, 0.6) is 5.75 Å². The number of aromatic hydroxyl groups is 1. The van der Waals surface area contributed by atoms with Gasteiger partial charge in [0.25, 0.3) is 5.56 Å². The zero-order chi connectivity index (χ0) is 20.5. The molecule has 3 aromatic rings. The number of rotatable bonds is 3. The molecule has 1 aliphatic heterocycles. The zero-order valence-electron chi connectivity index (χ0n) is 15.2. The molecule has 0 saturated carbocycles. The van der Waals surface area contributed by atoms with Gasteiger partial charge in [-0.05, 0) is 42.5 Å². The number of aromatic nitrogens is 2. The Morgan fingerprint density at radius 1 is 0.828 bits per heavy atom. The first-order valence-electron chi connectivity index (χ1n) is 8.96. The molecule has 2 heterocycles. The maximum atomic E-state index is 12.3. The fraction of sp³-hybridized carbons (Fsp3) is 0.200. The molecule has 9 heteroatoms. The van der Waals surface area contributed by atoms with Gasteiger partial charge in [0, 0.05) is 31.9 Å². The third-order valence-electron chi connectivity index (χ3n) is 4.89. The SMILES string of the molecule is O=c1c(Cl)c(Cl)cnn1-c1ccc(N2CCN(c3ccc(O)cc3)CC2)c(Cl)c1. The average molecular weight is 452 g/mol. The summed E-state index contributed by atoms with van der Waals surface area (Å²) in [6, 6.07) is 12.6. The molecule has 1 saturated heterocycles. The minimum Gasteiger partial charge on any atom is -0.508 e. The molecule has 0 aliphatic carbocycles. The molecule has 0 spiro atoms. The Morgan fingerprint density at radius 3 is 2.10 bits per heavy atom. The van der Waals surface area contributed by atoms with Gasteiger partial charge in [-0.25, -0.2) is 0 Å². The number of benzene rings is 2. The molecule has 0 amide bonds. The Hall–Kier alpha value is -2.41. The summed E-state index contributed by atoms with van der Waals surface area (Å²) >= 11 is 18.3. The summed E-state index contributed by atoms with van der Waals surface area (Å²) in [6.07, 6.45) is 1.33. The highest BCUT2D eigenvalue weighted by Crippen LogP contribution is 2.30. The minimum absolute atomic E-state index is 0.0766. The van der Waals surface area contributed by atoms with E-state index in [1.54, 1.807) is 24.3 Å². The number of hydrogen-bond acceptors (Lipinski definition) is 5. The second-order valence-corrected chi connectivity index (χ2v) is 7.84. The van der Waals surface area contributed by atoms with Crippen LogP contribution in [0.15, 0.2) is 53.5 Å². The number of nitrogens with zero attached hydrogens (tertiary/aromatic N) is 4. The fourth-order valence-electron chi connectivity index (χ4n) is 3.35. The van der Waals surface area contributed by atoms with E-state index in [0.717, 1.165) is 37.6 Å². The molecule has 2 aromatic carbocycles. The number of anilines is 2. The van der Waals surface area contributed by atoms with Crippen LogP contribution in [0.3, 0.4) is 0 Å². The van der Waals surface area contributed by atoms with Gasteiger partial charge in [0.05, 0.1) is 27.6 Å². The smallest absolute Gasteiger partial charge is 0.291 e. The predicted molar refractivity (Wildman–Crippen MR) is 117 cm³/mol. The van der Waals surface area contributed by atoms with E-state index in [1.165, 1.54) is 10.9 Å². The largest absolute Gasteiger partial charge is 0.508 e. The van der Waals surface area contributed by atoms with Gasteiger partial charge in [-0.3, -0.25) is 4.79 Å². The molecule has 1 N–H and O–H groups in total. The van der Waals surface area contributed by atoms with Crippen LogP contribution in [-0.4, -0.2) is 41.1 Å². The molecule has 150 valence electrons. The fourth-order valence-corrected chi connectivity index (χ4v) is 3.90. The lowest BCUT2D eigenvalue weighted by Crippen LogP contribution is -2.46. The first-order chi connectivity index (χ1) is 13.9. The number of hydrogen-bond donors (Lipinski definition) is 1. The van der Waals surface area contributed by atoms with Crippen molar-refractivity contribution >= 4 is 46.2 Å². The van der Waals surface area contributed by atoms with Gasteiger partial charge in [-0.15, -0.1) is 0 Å². The standard InChI is InChI=1S/C20H17Cl3N4O2/c21-16-11-14(27-20(29)19(23)17(22)12-24-27)3-6-18(16)26-9-7-25(8-10-26)13-1-4-15(28)5-2-13/h1-6,11-12,28H,7-10H2. The molecule has 0 atom stereocenters. The van der Waals surface area contributed by atoms with Crippen LogP contribution < -0.4 is 15.4 Å². The lowest BCUT2D eigenvalue weighted by atomic mass is 10.2. The van der Waals surface area contributed by atoms with Crippen LogP contribution in [-0.2, 0) is 0 Å². The van der Waals surface area contributed by atoms with Gasteiger partial charge in [-0.1, -0.05) is 34.8 Å². The average Bonchev–Trinajstić information content (AvgIpc) is 2.73. The maximum Gasteiger partial charge on any atom is 0.291 e. The van der Waals surface area contributed by atoms with E-state index in [0.29, 0.717) is 10.7 Å². The summed E-state index contributed by atoms with van der Waals surface area (Å²) in [6.45, 7) is 3.25. The van der Waals surface area contributed by atoms with Crippen LogP contribution in [0.1, 0.15) is 0 Å². The topological polar surface area (TPSA) is 61.6 Å². The summed E-state index contributed by atoms with van der Waals surface area (Å²) in [5.41, 5.74) is 2.00. The predicted octanol–water partition coefficient (Wildman–Crippen LogP) is 4.22. The van der Waals surface area contributed by atoms with Crippen molar-refractivity contribution in [1.29, 1.82) is 0 Å². The molecule has 0 radical (unpaired) electrons. The first-order valence-corrected chi connectivity index (χ1v) is 10.1. The Morgan fingerprint density at radius 2 is 1.45 bits per heavy atom. The second-order valence-electron chi connectivity index (χ2n) is 6.65. The van der Waals surface area contributed by atoms with E-state index in [9.17, 15) is 9.90 Å². The van der Waals surface area contributed by atoms with Crippen molar-refractivity contribution in [3.63, 3.8) is 0 Å². The highest BCUT2D eigenvalue weighted by atomic mass is 35.5. The summed E-state index contributed by atoms with van der Waals surface area (Å²) in [5, 5.41) is 14.0. The van der Waals surface area contributed by atoms with E-state index in [2.05, 4.69) is 14.9 Å². The molecule has 0 bridgehead atoms. The van der Waals surface area contributed by atoms with Crippen molar-refractivity contribution in [3.05, 3.63) is 74.1 Å². The Labute approximate surface area is 182 Å². The van der Waals surface area contributed by atoms with E-state index in [1.807, 2.05) is 18.2 Å². The summed E-state index contributed by atoms with van der Waals surface area (Å²) in [7, 11) is 0. The van der Waals surface area contributed by atoms with Crippen LogP contribution in [0.25, 0.3) is 5.69 Å². The summed E-state index contributed by atoms with van der Waals surface area (Å²) in [5.74, 6) is 0.259. The molecule has 1 aromatic heterocycles.